The van der Waals surface area contributed by atoms with Crippen LogP contribution in [0.25, 0.3) is 0 Å². The second-order valence-corrected chi connectivity index (χ2v) is 8.24. The minimum atomic E-state index is 0. The molecule has 4 rings (SSSR count). The third kappa shape index (κ3) is 2.59. The van der Waals surface area contributed by atoms with E-state index < -0.39 is 0 Å². The fourth-order valence-electron chi connectivity index (χ4n) is 4.50. The van der Waals surface area contributed by atoms with E-state index in [4.69, 9.17) is 5.73 Å². The van der Waals surface area contributed by atoms with Gasteiger partial charge in [-0.2, -0.15) is 0 Å². The summed E-state index contributed by atoms with van der Waals surface area (Å²) in [5.41, 5.74) is 8.54. The van der Waals surface area contributed by atoms with Gasteiger partial charge >= 0.3 is 0 Å². The molecule has 2 N–H and O–H groups in total. The van der Waals surface area contributed by atoms with Crippen LogP contribution in [0.5, 0.6) is 0 Å². The zero-order chi connectivity index (χ0) is 14.6. The zero-order valence-corrected chi connectivity index (χ0v) is 14.7. The highest BCUT2D eigenvalue weighted by Crippen LogP contribution is 2.39. The van der Waals surface area contributed by atoms with Gasteiger partial charge in [-0.05, 0) is 55.4 Å². The number of amides is 1. The molecule has 1 aromatic rings. The lowest BCUT2D eigenvalue weighted by Gasteiger charge is -2.22. The Morgan fingerprint density at radius 2 is 2.14 bits per heavy atom. The molecular weight excluding hydrogens is 316 g/mol. The van der Waals surface area contributed by atoms with Crippen LogP contribution in [0.2, 0.25) is 0 Å². The Labute approximate surface area is 142 Å². The van der Waals surface area contributed by atoms with E-state index >= 15 is 0 Å². The van der Waals surface area contributed by atoms with Crippen LogP contribution in [0.3, 0.4) is 0 Å². The van der Waals surface area contributed by atoms with Crippen LogP contribution in [-0.4, -0.2) is 29.9 Å². The maximum atomic E-state index is 12.9. The van der Waals surface area contributed by atoms with Gasteiger partial charge in [0.2, 0.25) is 0 Å². The topological polar surface area (TPSA) is 46.3 Å². The normalized spacial score (nSPS) is 33.3. The van der Waals surface area contributed by atoms with Gasteiger partial charge < -0.3 is 10.6 Å². The highest BCUT2D eigenvalue weighted by atomic mass is 35.5. The summed E-state index contributed by atoms with van der Waals surface area (Å²) in [5.74, 6) is 2.23. The summed E-state index contributed by atoms with van der Waals surface area (Å²) >= 11 is 1.79. The summed E-state index contributed by atoms with van der Waals surface area (Å²) in [6.07, 6.45) is 5.81. The van der Waals surface area contributed by atoms with Crippen LogP contribution in [0.1, 0.15) is 47.0 Å². The molecule has 1 aromatic heterocycles. The highest BCUT2D eigenvalue weighted by Gasteiger charge is 2.43. The molecule has 5 heteroatoms. The third-order valence-corrected chi connectivity index (χ3v) is 6.88. The first kappa shape index (κ1) is 16.3. The molecule has 4 atom stereocenters. The monoisotopic (exact) mass is 340 g/mol. The van der Waals surface area contributed by atoms with Crippen molar-refractivity contribution < 1.29 is 4.79 Å². The molecule has 1 amide bonds. The molecule has 0 radical (unpaired) electrons. The highest BCUT2D eigenvalue weighted by molar-refractivity contribution is 7.10. The molecular formula is C17H25ClN2OS. The Kier molecular flexibility index (Phi) is 4.54. The summed E-state index contributed by atoms with van der Waals surface area (Å²) in [6.45, 7) is 4.12. The molecule has 0 bridgehead atoms. The summed E-state index contributed by atoms with van der Waals surface area (Å²) in [4.78, 5) is 16.4. The van der Waals surface area contributed by atoms with Crippen molar-refractivity contribution >= 4 is 29.7 Å². The lowest BCUT2D eigenvalue weighted by molar-refractivity contribution is 0.0778. The number of hydrogen-bond donors (Lipinski definition) is 1. The second kappa shape index (κ2) is 6.14. The van der Waals surface area contributed by atoms with Crippen LogP contribution in [0, 0.1) is 17.8 Å². The van der Waals surface area contributed by atoms with Gasteiger partial charge in [-0.15, -0.1) is 23.7 Å². The van der Waals surface area contributed by atoms with Crippen LogP contribution < -0.4 is 5.73 Å². The van der Waals surface area contributed by atoms with Gasteiger partial charge in [0.1, 0.15) is 0 Å². The number of halogens is 1. The number of carbonyl (C=O) groups is 1. The Bertz CT molecular complexity index is 573. The van der Waals surface area contributed by atoms with Crippen LogP contribution in [-0.2, 0) is 12.8 Å². The van der Waals surface area contributed by atoms with E-state index in [-0.39, 0.29) is 18.3 Å². The van der Waals surface area contributed by atoms with Gasteiger partial charge in [-0.25, -0.2) is 0 Å². The van der Waals surface area contributed by atoms with Gasteiger partial charge in [0.25, 0.3) is 5.91 Å². The second-order valence-electron chi connectivity index (χ2n) is 7.27. The maximum Gasteiger partial charge on any atom is 0.255 e. The standard InChI is InChI=1S/C17H24N2OS.ClH/c1-10-2-4-12-14(9-21-16(12)6-10)17(20)19-7-11-3-5-15(18)13(11)8-19;/h9-11,13,15H,2-8,18H2,1H3;1H. The number of hydrogen-bond acceptors (Lipinski definition) is 3. The number of carbonyl (C=O) groups excluding carboxylic acids is 1. The van der Waals surface area contributed by atoms with Gasteiger partial charge in [-0.1, -0.05) is 6.92 Å². The van der Waals surface area contributed by atoms with Gasteiger partial charge in [0, 0.05) is 29.4 Å². The molecule has 3 nitrogen and oxygen atoms in total. The summed E-state index contributed by atoms with van der Waals surface area (Å²) in [7, 11) is 0. The quantitative estimate of drug-likeness (QED) is 0.853. The minimum Gasteiger partial charge on any atom is -0.338 e. The first-order valence-electron chi connectivity index (χ1n) is 8.27. The van der Waals surface area contributed by atoms with Crippen molar-refractivity contribution in [3.8, 4) is 0 Å². The molecule has 1 saturated heterocycles. The minimum absolute atomic E-state index is 0. The van der Waals surface area contributed by atoms with E-state index in [2.05, 4.69) is 17.2 Å². The fraction of sp³-hybridized carbons (Fsp3) is 0.706. The lowest BCUT2D eigenvalue weighted by Crippen LogP contribution is -2.33. The van der Waals surface area contributed by atoms with E-state index in [0.29, 0.717) is 17.9 Å². The average molecular weight is 341 g/mol. The van der Waals surface area contributed by atoms with Gasteiger partial charge in [-0.3, -0.25) is 4.79 Å². The lowest BCUT2D eigenvalue weighted by atomic mass is 9.88. The molecule has 2 fully saturated rings. The van der Waals surface area contributed by atoms with Crippen molar-refractivity contribution in [1.82, 2.24) is 4.90 Å². The molecule has 1 aliphatic heterocycles. The molecule has 22 heavy (non-hydrogen) atoms. The third-order valence-electron chi connectivity index (χ3n) is 5.83. The largest absolute Gasteiger partial charge is 0.338 e. The van der Waals surface area contributed by atoms with Crippen LogP contribution in [0.15, 0.2) is 5.38 Å². The maximum absolute atomic E-state index is 12.9. The van der Waals surface area contributed by atoms with Crippen molar-refractivity contribution in [3.05, 3.63) is 21.4 Å². The number of nitrogens with zero attached hydrogens (tertiary/aromatic N) is 1. The first-order valence-corrected chi connectivity index (χ1v) is 9.15. The molecule has 122 valence electrons. The molecule has 1 saturated carbocycles. The van der Waals surface area contributed by atoms with E-state index in [1.165, 1.54) is 23.3 Å². The molecule has 2 heterocycles. The fourth-order valence-corrected chi connectivity index (χ4v) is 5.74. The molecule has 3 aliphatic rings. The van der Waals surface area contributed by atoms with E-state index in [1.807, 2.05) is 0 Å². The van der Waals surface area contributed by atoms with Crippen molar-refractivity contribution in [2.24, 2.45) is 23.5 Å². The molecule has 0 spiro atoms. The van der Waals surface area contributed by atoms with Crippen molar-refractivity contribution in [3.63, 3.8) is 0 Å². The molecule has 4 unspecified atom stereocenters. The van der Waals surface area contributed by atoms with Gasteiger partial charge in [0.15, 0.2) is 0 Å². The van der Waals surface area contributed by atoms with Crippen molar-refractivity contribution in [2.75, 3.05) is 13.1 Å². The Morgan fingerprint density at radius 3 is 2.91 bits per heavy atom. The SMILES string of the molecule is CC1CCc2c(C(=O)N3CC4CCC(N)C4C3)csc2C1.Cl. The Balaban J connectivity index is 0.00000144. The van der Waals surface area contributed by atoms with E-state index in [9.17, 15) is 4.79 Å². The predicted octanol–water partition coefficient (Wildman–Crippen LogP) is 3.10. The Hall–Kier alpha value is -0.580. The Morgan fingerprint density at radius 1 is 1.32 bits per heavy atom. The molecule has 2 aliphatic carbocycles. The first-order chi connectivity index (χ1) is 10.1. The van der Waals surface area contributed by atoms with Crippen LogP contribution >= 0.6 is 23.7 Å². The number of rotatable bonds is 1. The summed E-state index contributed by atoms with van der Waals surface area (Å²) < 4.78 is 0. The van der Waals surface area contributed by atoms with Crippen molar-refractivity contribution in [1.29, 1.82) is 0 Å². The zero-order valence-electron chi connectivity index (χ0n) is 13.1. The number of likely N-dealkylation sites (tertiary alicyclic amines) is 1. The smallest absolute Gasteiger partial charge is 0.255 e. The average Bonchev–Trinajstić information content (AvgIpc) is 3.14. The van der Waals surface area contributed by atoms with E-state index in [0.717, 1.165) is 43.8 Å². The number of fused-ring (bicyclic) bond motifs is 2. The number of thiophene rings is 1. The summed E-state index contributed by atoms with van der Waals surface area (Å²) in [5, 5.41) is 2.11. The molecule has 0 aromatic carbocycles. The summed E-state index contributed by atoms with van der Waals surface area (Å²) in [6, 6.07) is 0.310. The van der Waals surface area contributed by atoms with E-state index in [1.54, 1.807) is 11.3 Å². The van der Waals surface area contributed by atoms with Crippen LogP contribution in [0.4, 0.5) is 0 Å². The number of nitrogens with two attached hydrogens (primary N) is 1. The predicted molar refractivity (Wildman–Crippen MR) is 92.8 cm³/mol. The van der Waals surface area contributed by atoms with Gasteiger partial charge in [0.05, 0.1) is 5.56 Å². The van der Waals surface area contributed by atoms with Crippen molar-refractivity contribution in [2.45, 2.75) is 45.1 Å².